The van der Waals surface area contributed by atoms with Gasteiger partial charge in [0, 0.05) is 6.04 Å². The van der Waals surface area contributed by atoms with Gasteiger partial charge in [0.05, 0.1) is 17.1 Å². The van der Waals surface area contributed by atoms with Gasteiger partial charge in [-0.15, -0.1) is 0 Å². The zero-order valence-electron chi connectivity index (χ0n) is 8.75. The van der Waals surface area contributed by atoms with Crippen molar-refractivity contribution < 1.29 is 9.90 Å². The Kier molecular flexibility index (Phi) is 3.97. The van der Waals surface area contributed by atoms with E-state index in [1.54, 1.807) is 6.07 Å². The monoisotopic (exact) mass is 227 g/mol. The van der Waals surface area contributed by atoms with E-state index in [2.05, 4.69) is 5.32 Å². The summed E-state index contributed by atoms with van der Waals surface area (Å²) in [6.07, 6.45) is 0.0737. The van der Waals surface area contributed by atoms with Gasteiger partial charge in [0.15, 0.2) is 0 Å². The minimum atomic E-state index is -0.821. The largest absolute Gasteiger partial charge is 0.481 e. The molecule has 1 atom stereocenters. The lowest BCUT2D eigenvalue weighted by Gasteiger charge is -2.14. The number of carboxylic acid groups (broad SMARTS) is 1. The highest BCUT2D eigenvalue weighted by Crippen LogP contribution is 2.23. The van der Waals surface area contributed by atoms with E-state index in [1.807, 2.05) is 26.0 Å². The molecule has 3 nitrogen and oxygen atoms in total. The number of aliphatic carboxylic acids is 1. The second-order valence-electron chi connectivity index (χ2n) is 3.63. The maximum atomic E-state index is 10.5. The molecule has 0 aromatic heterocycles. The number of halogens is 1. The number of hydrogen-bond donors (Lipinski definition) is 2. The molecule has 0 saturated heterocycles. The van der Waals surface area contributed by atoms with Crippen molar-refractivity contribution in [3.05, 3.63) is 28.8 Å². The van der Waals surface area contributed by atoms with Crippen LogP contribution < -0.4 is 5.32 Å². The Bertz CT molecular complexity index is 366. The van der Waals surface area contributed by atoms with E-state index in [4.69, 9.17) is 16.7 Å². The van der Waals surface area contributed by atoms with E-state index in [9.17, 15) is 4.79 Å². The highest BCUT2D eigenvalue weighted by Gasteiger charge is 2.09. The Morgan fingerprint density at radius 1 is 1.60 bits per heavy atom. The number of carboxylic acids is 1. The SMILES string of the molecule is Cc1ccc(Cl)c(NC(C)CC(=O)O)c1. The predicted octanol–water partition coefficient (Wildman–Crippen LogP) is 2.92. The molecule has 15 heavy (non-hydrogen) atoms. The van der Waals surface area contributed by atoms with Crippen LogP contribution in [0.25, 0.3) is 0 Å². The topological polar surface area (TPSA) is 49.3 Å². The van der Waals surface area contributed by atoms with Crippen LogP contribution in [0, 0.1) is 6.92 Å². The van der Waals surface area contributed by atoms with E-state index >= 15 is 0 Å². The van der Waals surface area contributed by atoms with Crippen LogP contribution in [0.3, 0.4) is 0 Å². The first-order chi connectivity index (χ1) is 6.99. The third-order valence-corrected chi connectivity index (χ3v) is 2.33. The van der Waals surface area contributed by atoms with Gasteiger partial charge in [-0.3, -0.25) is 4.79 Å². The zero-order chi connectivity index (χ0) is 11.4. The van der Waals surface area contributed by atoms with Crippen molar-refractivity contribution in [1.82, 2.24) is 0 Å². The van der Waals surface area contributed by atoms with Gasteiger partial charge in [-0.1, -0.05) is 17.7 Å². The molecule has 82 valence electrons. The smallest absolute Gasteiger partial charge is 0.305 e. The molecule has 1 aromatic carbocycles. The molecule has 1 aromatic rings. The number of carbonyl (C=O) groups is 1. The first kappa shape index (κ1) is 11.9. The Balaban J connectivity index is 2.71. The molecule has 0 aliphatic heterocycles. The maximum Gasteiger partial charge on any atom is 0.305 e. The summed E-state index contributed by atoms with van der Waals surface area (Å²) in [6, 6.07) is 5.48. The van der Waals surface area contributed by atoms with Crippen molar-refractivity contribution in [3.63, 3.8) is 0 Å². The van der Waals surface area contributed by atoms with Gasteiger partial charge in [-0.05, 0) is 31.5 Å². The van der Waals surface area contributed by atoms with Crippen molar-refractivity contribution >= 4 is 23.3 Å². The summed E-state index contributed by atoms with van der Waals surface area (Å²) >= 11 is 5.97. The van der Waals surface area contributed by atoms with Crippen LogP contribution >= 0.6 is 11.6 Å². The summed E-state index contributed by atoms with van der Waals surface area (Å²) in [5.41, 5.74) is 1.87. The predicted molar refractivity (Wildman–Crippen MR) is 61.5 cm³/mol. The second-order valence-corrected chi connectivity index (χ2v) is 4.03. The summed E-state index contributed by atoms with van der Waals surface area (Å²) < 4.78 is 0. The van der Waals surface area contributed by atoms with Crippen LogP contribution in [-0.4, -0.2) is 17.1 Å². The van der Waals surface area contributed by atoms with Gasteiger partial charge in [-0.2, -0.15) is 0 Å². The van der Waals surface area contributed by atoms with Gasteiger partial charge >= 0.3 is 5.97 Å². The van der Waals surface area contributed by atoms with Crippen molar-refractivity contribution in [3.8, 4) is 0 Å². The molecule has 0 bridgehead atoms. The van der Waals surface area contributed by atoms with E-state index in [0.717, 1.165) is 11.3 Å². The van der Waals surface area contributed by atoms with Crippen LogP contribution in [0.15, 0.2) is 18.2 Å². The van der Waals surface area contributed by atoms with Crippen molar-refractivity contribution in [2.45, 2.75) is 26.3 Å². The number of anilines is 1. The van der Waals surface area contributed by atoms with Crippen molar-refractivity contribution in [2.24, 2.45) is 0 Å². The minimum absolute atomic E-state index is 0.0737. The lowest BCUT2D eigenvalue weighted by molar-refractivity contribution is -0.137. The molecular weight excluding hydrogens is 214 g/mol. The van der Waals surface area contributed by atoms with Crippen LogP contribution in [0.2, 0.25) is 5.02 Å². The fourth-order valence-corrected chi connectivity index (χ4v) is 1.50. The first-order valence-electron chi connectivity index (χ1n) is 4.73. The van der Waals surface area contributed by atoms with Crippen LogP contribution in [0.1, 0.15) is 18.9 Å². The molecule has 0 radical (unpaired) electrons. The average Bonchev–Trinajstić information content (AvgIpc) is 2.10. The average molecular weight is 228 g/mol. The number of hydrogen-bond acceptors (Lipinski definition) is 2. The fraction of sp³-hybridized carbons (Fsp3) is 0.364. The van der Waals surface area contributed by atoms with Crippen molar-refractivity contribution in [1.29, 1.82) is 0 Å². The van der Waals surface area contributed by atoms with Crippen LogP contribution in [0.5, 0.6) is 0 Å². The Hall–Kier alpha value is -1.22. The third kappa shape index (κ3) is 3.80. The summed E-state index contributed by atoms with van der Waals surface area (Å²) in [4.78, 5) is 10.5. The van der Waals surface area contributed by atoms with Gasteiger partial charge in [-0.25, -0.2) is 0 Å². The molecular formula is C11H14ClNO2. The molecule has 0 spiro atoms. The number of nitrogens with one attached hydrogen (secondary N) is 1. The Labute approximate surface area is 94.1 Å². The van der Waals surface area contributed by atoms with Crippen molar-refractivity contribution in [2.75, 3.05) is 5.32 Å². The van der Waals surface area contributed by atoms with Crippen LogP contribution in [0.4, 0.5) is 5.69 Å². The summed E-state index contributed by atoms with van der Waals surface area (Å²) in [5, 5.41) is 12.3. The number of benzene rings is 1. The van der Waals surface area contributed by atoms with E-state index < -0.39 is 5.97 Å². The molecule has 0 aliphatic rings. The molecule has 0 fully saturated rings. The lowest BCUT2D eigenvalue weighted by atomic mass is 10.2. The third-order valence-electron chi connectivity index (χ3n) is 2.00. The molecule has 0 aliphatic carbocycles. The summed E-state index contributed by atoms with van der Waals surface area (Å²) in [6.45, 7) is 3.77. The standard InChI is InChI=1S/C11H14ClNO2/c1-7-3-4-9(12)10(5-7)13-8(2)6-11(14)15/h3-5,8,13H,6H2,1-2H3,(H,14,15). The zero-order valence-corrected chi connectivity index (χ0v) is 9.51. The molecule has 0 saturated carbocycles. The summed E-state index contributed by atoms with van der Waals surface area (Å²) in [5.74, 6) is -0.821. The van der Waals surface area contributed by atoms with E-state index in [-0.39, 0.29) is 12.5 Å². The molecule has 4 heteroatoms. The van der Waals surface area contributed by atoms with Gasteiger partial charge in [0.2, 0.25) is 0 Å². The molecule has 2 N–H and O–H groups in total. The first-order valence-corrected chi connectivity index (χ1v) is 5.11. The Morgan fingerprint density at radius 2 is 2.27 bits per heavy atom. The summed E-state index contributed by atoms with van der Waals surface area (Å²) in [7, 11) is 0. The van der Waals surface area contributed by atoms with Crippen LogP contribution in [-0.2, 0) is 4.79 Å². The van der Waals surface area contributed by atoms with Gasteiger partial charge in [0.1, 0.15) is 0 Å². The molecule has 0 amide bonds. The van der Waals surface area contributed by atoms with Gasteiger partial charge in [0.25, 0.3) is 0 Å². The lowest BCUT2D eigenvalue weighted by Crippen LogP contribution is -2.19. The van der Waals surface area contributed by atoms with E-state index in [0.29, 0.717) is 5.02 Å². The minimum Gasteiger partial charge on any atom is -0.481 e. The highest BCUT2D eigenvalue weighted by atomic mass is 35.5. The molecule has 1 unspecified atom stereocenters. The number of rotatable bonds is 4. The molecule has 0 heterocycles. The fourth-order valence-electron chi connectivity index (χ4n) is 1.33. The molecule has 1 rings (SSSR count). The normalized spacial score (nSPS) is 12.2. The Morgan fingerprint density at radius 3 is 2.87 bits per heavy atom. The quantitative estimate of drug-likeness (QED) is 0.832. The van der Waals surface area contributed by atoms with Gasteiger partial charge < -0.3 is 10.4 Å². The number of aryl methyl sites for hydroxylation is 1. The maximum absolute atomic E-state index is 10.5. The second kappa shape index (κ2) is 5.03. The highest BCUT2D eigenvalue weighted by molar-refractivity contribution is 6.33. The van der Waals surface area contributed by atoms with E-state index in [1.165, 1.54) is 0 Å².